The molecule has 0 saturated carbocycles. The topological polar surface area (TPSA) is 62.6 Å². The van der Waals surface area contributed by atoms with Crippen molar-refractivity contribution < 1.29 is 19.0 Å². The smallest absolute Gasteiger partial charge is 0.267 e. The fraction of sp³-hybridized carbons (Fsp3) is 0.231. The third-order valence-corrected chi connectivity index (χ3v) is 2.67. The minimum atomic E-state index is -0.254. The third kappa shape index (κ3) is 2.37. The van der Waals surface area contributed by atoms with Crippen molar-refractivity contribution in [3.8, 4) is 17.2 Å². The van der Waals surface area contributed by atoms with Gasteiger partial charge in [-0.25, -0.2) is 4.98 Å². The van der Waals surface area contributed by atoms with E-state index in [1.54, 1.807) is 18.3 Å². The monoisotopic (exact) mass is 262 g/mol. The normalized spacial score (nSPS) is 10.1. The summed E-state index contributed by atoms with van der Waals surface area (Å²) in [7, 11) is 4.52. The molecule has 0 unspecified atom stereocenters. The highest BCUT2D eigenvalue weighted by Gasteiger charge is 2.18. The zero-order valence-corrected chi connectivity index (χ0v) is 10.9. The van der Waals surface area contributed by atoms with Gasteiger partial charge in [0.2, 0.25) is 0 Å². The highest BCUT2D eigenvalue weighted by atomic mass is 16.5. The van der Waals surface area contributed by atoms with Gasteiger partial charge < -0.3 is 14.2 Å². The lowest BCUT2D eigenvalue weighted by Gasteiger charge is -2.13. The van der Waals surface area contributed by atoms with Gasteiger partial charge in [-0.1, -0.05) is 0 Å². The molecule has 0 bridgehead atoms. The molecule has 0 aliphatic rings. The summed E-state index contributed by atoms with van der Waals surface area (Å²) in [5, 5.41) is 0. The van der Waals surface area contributed by atoms with Gasteiger partial charge in [0.15, 0.2) is 11.5 Å². The Morgan fingerprint density at radius 2 is 1.68 bits per heavy atom. The molecule has 0 radical (unpaired) electrons. The molecule has 2 rings (SSSR count). The molecular formula is C13H14N2O4. The van der Waals surface area contributed by atoms with Gasteiger partial charge >= 0.3 is 0 Å². The van der Waals surface area contributed by atoms with Crippen molar-refractivity contribution in [3.05, 3.63) is 36.4 Å². The summed E-state index contributed by atoms with van der Waals surface area (Å²) in [4.78, 5) is 16.1. The molecule has 0 fully saturated rings. The minimum Gasteiger partial charge on any atom is -0.496 e. The lowest BCUT2D eigenvalue weighted by Crippen LogP contribution is -2.11. The van der Waals surface area contributed by atoms with Crippen LogP contribution in [0.15, 0.2) is 30.9 Å². The Hall–Kier alpha value is -2.50. The van der Waals surface area contributed by atoms with Gasteiger partial charge in [-0.15, -0.1) is 0 Å². The van der Waals surface area contributed by atoms with E-state index in [-0.39, 0.29) is 5.91 Å². The van der Waals surface area contributed by atoms with Crippen LogP contribution in [-0.4, -0.2) is 36.8 Å². The molecule has 0 saturated heterocycles. The van der Waals surface area contributed by atoms with Gasteiger partial charge in [0.05, 0.1) is 26.9 Å². The minimum absolute atomic E-state index is 0.254. The lowest BCUT2D eigenvalue weighted by atomic mass is 10.1. The summed E-state index contributed by atoms with van der Waals surface area (Å²) >= 11 is 0. The van der Waals surface area contributed by atoms with Crippen LogP contribution in [-0.2, 0) is 0 Å². The van der Waals surface area contributed by atoms with Gasteiger partial charge in [0.1, 0.15) is 12.1 Å². The first kappa shape index (κ1) is 12.9. The zero-order valence-electron chi connectivity index (χ0n) is 10.9. The maximum absolute atomic E-state index is 12.3. The van der Waals surface area contributed by atoms with Gasteiger partial charge in [-0.2, -0.15) is 0 Å². The molecule has 2 aromatic rings. The number of benzene rings is 1. The Bertz CT molecular complexity index is 579. The molecular weight excluding hydrogens is 248 g/mol. The van der Waals surface area contributed by atoms with Crippen LogP contribution in [0.25, 0.3) is 0 Å². The summed E-state index contributed by atoms with van der Waals surface area (Å²) < 4.78 is 16.9. The van der Waals surface area contributed by atoms with Gasteiger partial charge in [-0.05, 0) is 0 Å². The quantitative estimate of drug-likeness (QED) is 0.837. The maximum Gasteiger partial charge on any atom is 0.267 e. The highest BCUT2D eigenvalue weighted by molar-refractivity contribution is 5.99. The van der Waals surface area contributed by atoms with E-state index >= 15 is 0 Å². The summed E-state index contributed by atoms with van der Waals surface area (Å²) in [6, 6.07) is 3.20. The molecule has 0 aliphatic carbocycles. The van der Waals surface area contributed by atoms with Gasteiger partial charge in [0, 0.05) is 24.5 Å². The number of aromatic nitrogens is 2. The molecule has 6 nitrogen and oxygen atoms in total. The van der Waals surface area contributed by atoms with Crippen molar-refractivity contribution in [1.29, 1.82) is 0 Å². The number of imidazole rings is 1. The van der Waals surface area contributed by atoms with Gasteiger partial charge in [-0.3, -0.25) is 9.36 Å². The second kappa shape index (κ2) is 5.43. The second-order valence-corrected chi connectivity index (χ2v) is 3.68. The zero-order chi connectivity index (χ0) is 13.8. The predicted molar refractivity (Wildman–Crippen MR) is 68.1 cm³/mol. The summed E-state index contributed by atoms with van der Waals surface area (Å²) in [5.41, 5.74) is 0.373. The first-order valence-electron chi connectivity index (χ1n) is 5.54. The summed E-state index contributed by atoms with van der Waals surface area (Å²) in [6.07, 6.45) is 4.53. The fourth-order valence-corrected chi connectivity index (χ4v) is 1.71. The Kier molecular flexibility index (Phi) is 3.70. The maximum atomic E-state index is 12.3. The predicted octanol–water partition coefficient (Wildman–Crippen LogP) is 1.60. The number of nitrogens with zero attached hydrogens (tertiary/aromatic N) is 2. The number of hydrogen-bond donors (Lipinski definition) is 0. The number of carbonyl (C=O) groups excluding carboxylic acids is 1. The molecule has 0 N–H and O–H groups in total. The van der Waals surface area contributed by atoms with E-state index in [9.17, 15) is 4.79 Å². The van der Waals surface area contributed by atoms with Crippen molar-refractivity contribution in [3.63, 3.8) is 0 Å². The number of rotatable bonds is 4. The summed E-state index contributed by atoms with van der Waals surface area (Å²) in [5.74, 6) is 1.12. The van der Waals surface area contributed by atoms with E-state index in [0.717, 1.165) is 0 Å². The first-order chi connectivity index (χ1) is 9.21. The molecule has 1 heterocycles. The number of carbonyl (C=O) groups is 1. The van der Waals surface area contributed by atoms with Crippen molar-refractivity contribution in [2.24, 2.45) is 0 Å². The molecule has 100 valence electrons. The molecule has 6 heteroatoms. The molecule has 0 spiro atoms. The Balaban J connectivity index is 2.52. The van der Waals surface area contributed by atoms with Crippen LogP contribution in [0, 0.1) is 0 Å². The average Bonchev–Trinajstić information content (AvgIpc) is 2.99. The highest BCUT2D eigenvalue weighted by Crippen LogP contribution is 2.34. The van der Waals surface area contributed by atoms with Crippen LogP contribution in [0.3, 0.4) is 0 Å². The molecule has 0 atom stereocenters. The van der Waals surface area contributed by atoms with E-state index in [0.29, 0.717) is 22.8 Å². The molecule has 1 aromatic carbocycles. The van der Waals surface area contributed by atoms with E-state index in [1.807, 2.05) is 0 Å². The van der Waals surface area contributed by atoms with Crippen molar-refractivity contribution in [1.82, 2.24) is 9.55 Å². The van der Waals surface area contributed by atoms with Crippen molar-refractivity contribution in [2.45, 2.75) is 0 Å². The average molecular weight is 262 g/mol. The van der Waals surface area contributed by atoms with E-state index < -0.39 is 0 Å². The van der Waals surface area contributed by atoms with E-state index in [1.165, 1.54) is 38.4 Å². The standard InChI is InChI=1S/C13H14N2O4/c1-17-10-7-12(19-3)11(18-2)6-9(10)13(16)15-5-4-14-8-15/h4-8H,1-3H3. The van der Waals surface area contributed by atoms with E-state index in [4.69, 9.17) is 14.2 Å². The van der Waals surface area contributed by atoms with Crippen LogP contribution in [0.1, 0.15) is 10.4 Å². The SMILES string of the molecule is COc1cc(OC)c(C(=O)n2ccnc2)cc1OC. The van der Waals surface area contributed by atoms with Crippen LogP contribution < -0.4 is 14.2 Å². The third-order valence-electron chi connectivity index (χ3n) is 2.67. The van der Waals surface area contributed by atoms with Crippen LogP contribution in [0.4, 0.5) is 0 Å². The molecule has 1 aromatic heterocycles. The van der Waals surface area contributed by atoms with Crippen LogP contribution in [0.5, 0.6) is 17.2 Å². The fourth-order valence-electron chi connectivity index (χ4n) is 1.71. The number of ether oxygens (including phenoxy) is 3. The molecule has 0 amide bonds. The largest absolute Gasteiger partial charge is 0.496 e. The van der Waals surface area contributed by atoms with E-state index in [2.05, 4.69) is 4.98 Å². The lowest BCUT2D eigenvalue weighted by molar-refractivity contribution is 0.0956. The number of hydrogen-bond acceptors (Lipinski definition) is 5. The second-order valence-electron chi connectivity index (χ2n) is 3.68. The Labute approximate surface area is 110 Å². The molecule has 19 heavy (non-hydrogen) atoms. The van der Waals surface area contributed by atoms with Crippen molar-refractivity contribution in [2.75, 3.05) is 21.3 Å². The molecule has 0 aliphatic heterocycles. The number of methoxy groups -OCH3 is 3. The van der Waals surface area contributed by atoms with Crippen LogP contribution >= 0.6 is 0 Å². The first-order valence-corrected chi connectivity index (χ1v) is 5.54. The Morgan fingerprint density at radius 1 is 1.05 bits per heavy atom. The van der Waals surface area contributed by atoms with Gasteiger partial charge in [0.25, 0.3) is 5.91 Å². The Morgan fingerprint density at radius 3 is 2.21 bits per heavy atom. The van der Waals surface area contributed by atoms with Crippen LogP contribution in [0.2, 0.25) is 0 Å². The van der Waals surface area contributed by atoms with Crippen molar-refractivity contribution >= 4 is 5.91 Å². The summed E-state index contributed by atoms with van der Waals surface area (Å²) in [6.45, 7) is 0.